The second-order valence-electron chi connectivity index (χ2n) is 10.4. The maximum atomic E-state index is 14.1. The molecule has 3 aromatic rings. The fourth-order valence-electron chi connectivity index (χ4n) is 4.32. The van der Waals surface area contributed by atoms with Gasteiger partial charge in [0.1, 0.15) is 12.6 Å². The van der Waals surface area contributed by atoms with Gasteiger partial charge in [-0.15, -0.1) is 0 Å². The van der Waals surface area contributed by atoms with Crippen molar-refractivity contribution in [3.05, 3.63) is 93.0 Å². The van der Waals surface area contributed by atoms with Crippen LogP contribution in [0.15, 0.2) is 65.6 Å². The van der Waals surface area contributed by atoms with Crippen LogP contribution in [0.5, 0.6) is 0 Å². The molecule has 3 rings (SSSR count). The zero-order valence-corrected chi connectivity index (χ0v) is 26.6. The Labute approximate surface area is 253 Å². The van der Waals surface area contributed by atoms with E-state index in [-0.39, 0.29) is 23.4 Å². The Morgan fingerprint density at radius 3 is 2.10 bits per heavy atom. The zero-order chi connectivity index (χ0) is 30.5. The van der Waals surface area contributed by atoms with Crippen molar-refractivity contribution in [1.82, 2.24) is 10.2 Å². The third-order valence-electron chi connectivity index (χ3n) is 7.01. The molecule has 0 heterocycles. The van der Waals surface area contributed by atoms with Crippen LogP contribution in [0.4, 0.5) is 5.69 Å². The fourth-order valence-corrected chi connectivity index (χ4v) is 6.12. The highest BCUT2D eigenvalue weighted by molar-refractivity contribution is 7.92. The van der Waals surface area contributed by atoms with Crippen molar-refractivity contribution >= 4 is 50.7 Å². The van der Waals surface area contributed by atoms with E-state index in [2.05, 4.69) is 5.32 Å². The topological polar surface area (TPSA) is 86.8 Å². The molecule has 10 heteroatoms. The van der Waals surface area contributed by atoms with Crippen LogP contribution in [-0.4, -0.2) is 43.8 Å². The predicted molar refractivity (Wildman–Crippen MR) is 166 cm³/mol. The average Bonchev–Trinajstić information content (AvgIpc) is 2.92. The van der Waals surface area contributed by atoms with Crippen LogP contribution in [0.1, 0.15) is 49.4 Å². The van der Waals surface area contributed by atoms with E-state index in [0.29, 0.717) is 33.3 Å². The Kier molecular flexibility index (Phi) is 10.9. The maximum Gasteiger partial charge on any atom is 0.264 e. The van der Waals surface area contributed by atoms with Crippen LogP contribution in [-0.2, 0) is 26.2 Å². The summed E-state index contributed by atoms with van der Waals surface area (Å²) in [5, 5.41) is 3.60. The molecule has 220 valence electrons. The number of sulfonamides is 1. The lowest BCUT2D eigenvalue weighted by Gasteiger charge is -2.33. The largest absolute Gasteiger partial charge is 0.352 e. The summed E-state index contributed by atoms with van der Waals surface area (Å²) in [6.07, 6.45) is 0.717. The van der Waals surface area contributed by atoms with Crippen LogP contribution in [0.2, 0.25) is 10.0 Å². The summed E-state index contributed by atoms with van der Waals surface area (Å²) in [5.74, 6) is -0.884. The van der Waals surface area contributed by atoms with Gasteiger partial charge in [0, 0.05) is 12.6 Å². The minimum atomic E-state index is -4.14. The number of benzene rings is 3. The monoisotopic (exact) mass is 617 g/mol. The SMILES string of the molecule is CC[C@H](C)NC(=O)[C@H](C)N(Cc1ccc(Cl)c(Cl)c1)C(=O)CN(c1ccc(C)cc1C)S(=O)(=O)c1ccc(C)cc1. The quantitative estimate of drug-likeness (QED) is 0.268. The van der Waals surface area contributed by atoms with Crippen molar-refractivity contribution in [3.63, 3.8) is 0 Å². The summed E-state index contributed by atoms with van der Waals surface area (Å²) in [4.78, 5) is 28.7. The summed E-state index contributed by atoms with van der Waals surface area (Å²) >= 11 is 12.3. The number of anilines is 1. The van der Waals surface area contributed by atoms with E-state index in [1.165, 1.54) is 17.0 Å². The maximum absolute atomic E-state index is 14.1. The molecule has 0 aromatic heterocycles. The molecule has 0 aliphatic carbocycles. The first-order chi connectivity index (χ1) is 19.2. The number of halogens is 2. The van der Waals surface area contributed by atoms with Crippen LogP contribution in [0.25, 0.3) is 0 Å². The molecular formula is C31H37Cl2N3O4S. The van der Waals surface area contributed by atoms with E-state index in [4.69, 9.17) is 23.2 Å². The Morgan fingerprint density at radius 2 is 1.51 bits per heavy atom. The summed E-state index contributed by atoms with van der Waals surface area (Å²) in [7, 11) is -4.14. The summed E-state index contributed by atoms with van der Waals surface area (Å²) in [5.41, 5.74) is 3.60. The van der Waals surface area contributed by atoms with E-state index >= 15 is 0 Å². The van der Waals surface area contributed by atoms with E-state index in [9.17, 15) is 18.0 Å². The van der Waals surface area contributed by atoms with Crippen LogP contribution in [0.3, 0.4) is 0 Å². The lowest BCUT2D eigenvalue weighted by molar-refractivity contribution is -0.139. The average molecular weight is 619 g/mol. The van der Waals surface area contributed by atoms with Gasteiger partial charge in [-0.1, -0.05) is 71.6 Å². The number of hydrogen-bond acceptors (Lipinski definition) is 4. The van der Waals surface area contributed by atoms with Gasteiger partial charge in [-0.3, -0.25) is 13.9 Å². The Bertz CT molecular complexity index is 1510. The van der Waals surface area contributed by atoms with Gasteiger partial charge in [-0.25, -0.2) is 8.42 Å². The number of rotatable bonds is 11. The number of aryl methyl sites for hydroxylation is 3. The lowest BCUT2D eigenvalue weighted by atomic mass is 10.1. The van der Waals surface area contributed by atoms with E-state index in [1.807, 2.05) is 33.8 Å². The van der Waals surface area contributed by atoms with Crippen LogP contribution in [0, 0.1) is 20.8 Å². The molecule has 0 bridgehead atoms. The minimum absolute atomic E-state index is 0.0239. The van der Waals surface area contributed by atoms with Gasteiger partial charge in [0.05, 0.1) is 20.6 Å². The predicted octanol–water partition coefficient (Wildman–Crippen LogP) is 6.45. The first kappa shape index (κ1) is 32.4. The number of carbonyl (C=O) groups is 2. The fraction of sp³-hybridized carbons (Fsp3) is 0.355. The van der Waals surface area contributed by atoms with Crippen LogP contribution >= 0.6 is 23.2 Å². The summed E-state index contributed by atoms with van der Waals surface area (Å²) in [6, 6.07) is 15.8. The first-order valence-corrected chi connectivity index (χ1v) is 15.6. The van der Waals surface area contributed by atoms with Gasteiger partial charge in [0.15, 0.2) is 0 Å². The second kappa shape index (κ2) is 13.7. The molecule has 7 nitrogen and oxygen atoms in total. The molecule has 0 fully saturated rings. The molecule has 0 saturated heterocycles. The minimum Gasteiger partial charge on any atom is -0.352 e. The van der Waals surface area contributed by atoms with Gasteiger partial charge >= 0.3 is 0 Å². The highest BCUT2D eigenvalue weighted by Crippen LogP contribution is 2.29. The highest BCUT2D eigenvalue weighted by atomic mass is 35.5. The molecule has 0 aliphatic rings. The van der Waals surface area contributed by atoms with Crippen molar-refractivity contribution < 1.29 is 18.0 Å². The van der Waals surface area contributed by atoms with E-state index in [1.54, 1.807) is 56.3 Å². The van der Waals surface area contributed by atoms with Gasteiger partial charge < -0.3 is 10.2 Å². The van der Waals surface area contributed by atoms with Crippen molar-refractivity contribution in [2.75, 3.05) is 10.8 Å². The first-order valence-electron chi connectivity index (χ1n) is 13.4. The van der Waals surface area contributed by atoms with Gasteiger partial charge in [0.2, 0.25) is 11.8 Å². The molecule has 0 unspecified atom stereocenters. The molecule has 3 aromatic carbocycles. The van der Waals surface area contributed by atoms with Crippen molar-refractivity contribution in [3.8, 4) is 0 Å². The van der Waals surface area contributed by atoms with Gasteiger partial charge in [0.25, 0.3) is 10.0 Å². The van der Waals surface area contributed by atoms with Crippen molar-refractivity contribution in [2.45, 2.75) is 71.5 Å². The smallest absolute Gasteiger partial charge is 0.264 e. The number of nitrogens with one attached hydrogen (secondary N) is 1. The van der Waals surface area contributed by atoms with Gasteiger partial charge in [-0.2, -0.15) is 0 Å². The summed E-state index contributed by atoms with van der Waals surface area (Å²) in [6.45, 7) is 10.6. The van der Waals surface area contributed by atoms with Gasteiger partial charge in [-0.05, 0) is 82.5 Å². The standard InChI is InChI=1S/C31H37Cl2N3O4S/c1-7-23(5)34-31(38)24(6)35(18-25-11-14-27(32)28(33)17-25)30(37)19-36(29-15-10-21(3)16-22(29)4)41(39,40)26-12-8-20(2)9-13-26/h8-17,23-24H,7,18-19H2,1-6H3,(H,34,38)/t23-,24-/m0/s1. The lowest BCUT2D eigenvalue weighted by Crippen LogP contribution is -2.52. The molecule has 0 spiro atoms. The molecule has 0 aliphatic heterocycles. The molecule has 0 saturated carbocycles. The number of carbonyl (C=O) groups excluding carboxylic acids is 2. The molecule has 0 radical (unpaired) electrons. The second-order valence-corrected chi connectivity index (χ2v) is 13.1. The molecule has 41 heavy (non-hydrogen) atoms. The van der Waals surface area contributed by atoms with Crippen molar-refractivity contribution in [1.29, 1.82) is 0 Å². The number of nitrogens with zero attached hydrogens (tertiary/aromatic N) is 2. The van der Waals surface area contributed by atoms with E-state index < -0.39 is 28.5 Å². The number of amides is 2. The molecule has 2 atom stereocenters. The molecular weight excluding hydrogens is 581 g/mol. The Morgan fingerprint density at radius 1 is 0.878 bits per heavy atom. The third kappa shape index (κ3) is 8.03. The van der Waals surface area contributed by atoms with E-state index in [0.717, 1.165) is 15.4 Å². The van der Waals surface area contributed by atoms with Crippen molar-refractivity contribution in [2.24, 2.45) is 0 Å². The molecule has 1 N–H and O–H groups in total. The third-order valence-corrected chi connectivity index (χ3v) is 9.53. The normalized spacial score (nSPS) is 12.9. The number of hydrogen-bond donors (Lipinski definition) is 1. The summed E-state index contributed by atoms with van der Waals surface area (Å²) < 4.78 is 29.1. The Hall–Kier alpha value is -3.07. The van der Waals surface area contributed by atoms with Crippen LogP contribution < -0.4 is 9.62 Å². The Balaban J connectivity index is 2.07. The zero-order valence-electron chi connectivity index (χ0n) is 24.2. The molecule has 2 amide bonds. The highest BCUT2D eigenvalue weighted by Gasteiger charge is 2.33.